The molecule has 2 aromatic carbocycles. The molecular weight excluding hydrogens is 324 g/mol. The number of amides is 1. The summed E-state index contributed by atoms with van der Waals surface area (Å²) in [5.74, 6) is 0.478. The highest BCUT2D eigenvalue weighted by atomic mass is 16.6. The van der Waals surface area contributed by atoms with Gasteiger partial charge in [-0.25, -0.2) is 0 Å². The topological polar surface area (TPSA) is 90.7 Å². The first-order valence-electron chi connectivity index (χ1n) is 7.69. The van der Waals surface area contributed by atoms with E-state index < -0.39 is 16.9 Å². The Kier molecular flexibility index (Phi) is 5.59. The first-order valence-corrected chi connectivity index (χ1v) is 7.69. The van der Waals surface area contributed by atoms with Gasteiger partial charge in [-0.3, -0.25) is 14.9 Å². The Labute approximate surface area is 145 Å². The zero-order chi connectivity index (χ0) is 18.6. The summed E-state index contributed by atoms with van der Waals surface area (Å²) in [4.78, 5) is 22.7. The minimum absolute atomic E-state index is 0.140. The quantitative estimate of drug-likeness (QED) is 0.638. The van der Waals surface area contributed by atoms with Gasteiger partial charge in [-0.15, -0.1) is 0 Å². The van der Waals surface area contributed by atoms with Crippen LogP contribution in [0.1, 0.15) is 18.1 Å². The van der Waals surface area contributed by atoms with Crippen molar-refractivity contribution in [3.63, 3.8) is 0 Å². The first-order chi connectivity index (χ1) is 11.8. The van der Waals surface area contributed by atoms with Gasteiger partial charge in [0.2, 0.25) is 0 Å². The summed E-state index contributed by atoms with van der Waals surface area (Å²) in [6, 6.07) is 9.55. The molecule has 0 aliphatic carbocycles. The molecule has 2 aromatic rings. The van der Waals surface area contributed by atoms with E-state index in [1.165, 1.54) is 25.3 Å². The number of methoxy groups -OCH3 is 1. The number of non-ortho nitro benzene ring substituents is 1. The average Bonchev–Trinajstić information content (AvgIpc) is 2.57. The fraction of sp³-hybridized carbons (Fsp3) is 0.278. The molecule has 0 radical (unpaired) electrons. The highest BCUT2D eigenvalue weighted by Crippen LogP contribution is 2.29. The number of nitro groups is 1. The third kappa shape index (κ3) is 4.47. The molecular formula is C18H20N2O5. The number of anilines is 1. The van der Waals surface area contributed by atoms with Crippen molar-refractivity contribution < 1.29 is 19.2 Å². The lowest BCUT2D eigenvalue weighted by Gasteiger charge is -2.16. The van der Waals surface area contributed by atoms with Crippen LogP contribution >= 0.6 is 0 Å². The fourth-order valence-electron chi connectivity index (χ4n) is 2.19. The summed E-state index contributed by atoms with van der Waals surface area (Å²) in [7, 11) is 1.42. The summed E-state index contributed by atoms with van der Waals surface area (Å²) in [5, 5.41) is 13.5. The van der Waals surface area contributed by atoms with E-state index in [2.05, 4.69) is 5.32 Å². The van der Waals surface area contributed by atoms with Gasteiger partial charge in [0.15, 0.2) is 6.10 Å². The standard InChI is InChI=1S/C18H20N2O5/c1-11-5-7-15(9-12(11)2)25-13(3)18(21)19-16-10-14(20(22)23)6-8-17(16)24-4/h5-10,13H,1-4H3,(H,19,21)/t13-/m0/s1. The predicted octanol–water partition coefficient (Wildman–Crippen LogP) is 3.63. The maximum atomic E-state index is 12.4. The minimum atomic E-state index is -0.786. The van der Waals surface area contributed by atoms with Crippen molar-refractivity contribution in [2.24, 2.45) is 0 Å². The van der Waals surface area contributed by atoms with E-state index in [9.17, 15) is 14.9 Å². The second kappa shape index (κ2) is 7.65. The van der Waals surface area contributed by atoms with Crippen molar-refractivity contribution in [2.75, 3.05) is 12.4 Å². The second-order valence-electron chi connectivity index (χ2n) is 5.64. The van der Waals surface area contributed by atoms with Crippen LogP contribution in [0.3, 0.4) is 0 Å². The largest absolute Gasteiger partial charge is 0.495 e. The molecule has 1 atom stereocenters. The molecule has 7 nitrogen and oxygen atoms in total. The first kappa shape index (κ1) is 18.3. The Morgan fingerprint density at radius 1 is 1.16 bits per heavy atom. The van der Waals surface area contributed by atoms with Gasteiger partial charge in [0.25, 0.3) is 11.6 Å². The maximum Gasteiger partial charge on any atom is 0.271 e. The molecule has 1 amide bonds. The highest BCUT2D eigenvalue weighted by molar-refractivity contribution is 5.95. The molecule has 0 saturated heterocycles. The summed E-state index contributed by atoms with van der Waals surface area (Å²) >= 11 is 0. The zero-order valence-electron chi connectivity index (χ0n) is 14.5. The summed E-state index contributed by atoms with van der Waals surface area (Å²) in [6.45, 7) is 5.55. The van der Waals surface area contributed by atoms with Crippen molar-refractivity contribution >= 4 is 17.3 Å². The SMILES string of the molecule is COc1ccc([N+](=O)[O-])cc1NC(=O)[C@H](C)Oc1ccc(C)c(C)c1. The molecule has 0 fully saturated rings. The predicted molar refractivity (Wildman–Crippen MR) is 94.3 cm³/mol. The Hall–Kier alpha value is -3.09. The number of carbonyl (C=O) groups excluding carboxylic acids is 1. The van der Waals surface area contributed by atoms with Gasteiger partial charge in [0.05, 0.1) is 17.7 Å². The van der Waals surface area contributed by atoms with Gasteiger partial charge in [-0.1, -0.05) is 6.07 Å². The van der Waals surface area contributed by atoms with E-state index >= 15 is 0 Å². The molecule has 0 heterocycles. The van der Waals surface area contributed by atoms with E-state index in [1.54, 1.807) is 13.0 Å². The molecule has 132 valence electrons. The molecule has 1 N–H and O–H groups in total. The summed E-state index contributed by atoms with van der Waals surface area (Å²) < 4.78 is 10.8. The number of aryl methyl sites for hydroxylation is 2. The van der Waals surface area contributed by atoms with Crippen LogP contribution in [0, 0.1) is 24.0 Å². The Balaban J connectivity index is 2.13. The van der Waals surface area contributed by atoms with Crippen LogP contribution < -0.4 is 14.8 Å². The maximum absolute atomic E-state index is 12.4. The number of hydrogen-bond donors (Lipinski definition) is 1. The molecule has 0 aromatic heterocycles. The lowest BCUT2D eigenvalue weighted by Crippen LogP contribution is -2.30. The third-order valence-electron chi connectivity index (χ3n) is 3.81. The van der Waals surface area contributed by atoms with Crippen molar-refractivity contribution in [2.45, 2.75) is 26.9 Å². The number of carbonyl (C=O) groups is 1. The van der Waals surface area contributed by atoms with E-state index in [4.69, 9.17) is 9.47 Å². The van der Waals surface area contributed by atoms with Crippen LogP contribution in [-0.2, 0) is 4.79 Å². The number of nitro benzene ring substituents is 1. The molecule has 0 spiro atoms. The van der Waals surface area contributed by atoms with Crippen molar-refractivity contribution in [3.05, 3.63) is 57.6 Å². The van der Waals surface area contributed by atoms with Crippen LogP contribution in [0.4, 0.5) is 11.4 Å². The molecule has 2 rings (SSSR count). The lowest BCUT2D eigenvalue weighted by atomic mass is 10.1. The Bertz CT molecular complexity index is 804. The molecule has 25 heavy (non-hydrogen) atoms. The van der Waals surface area contributed by atoms with E-state index in [0.29, 0.717) is 11.5 Å². The normalized spacial score (nSPS) is 11.5. The van der Waals surface area contributed by atoms with Gasteiger partial charge in [0.1, 0.15) is 11.5 Å². The van der Waals surface area contributed by atoms with Crippen molar-refractivity contribution in [1.29, 1.82) is 0 Å². The molecule has 0 bridgehead atoms. The number of hydrogen-bond acceptors (Lipinski definition) is 5. The van der Waals surface area contributed by atoms with Gasteiger partial charge in [0, 0.05) is 12.1 Å². The number of nitrogens with one attached hydrogen (secondary N) is 1. The molecule has 0 aliphatic rings. The molecule has 7 heteroatoms. The summed E-state index contributed by atoms with van der Waals surface area (Å²) in [5.41, 5.74) is 2.27. The molecule has 0 saturated carbocycles. The second-order valence-corrected chi connectivity index (χ2v) is 5.64. The van der Waals surface area contributed by atoms with Crippen LogP contribution in [0.25, 0.3) is 0 Å². The smallest absolute Gasteiger partial charge is 0.271 e. The van der Waals surface area contributed by atoms with Crippen LogP contribution in [0.2, 0.25) is 0 Å². The Morgan fingerprint density at radius 3 is 2.48 bits per heavy atom. The van der Waals surface area contributed by atoms with Gasteiger partial charge < -0.3 is 14.8 Å². The Morgan fingerprint density at radius 2 is 1.88 bits per heavy atom. The fourth-order valence-corrected chi connectivity index (χ4v) is 2.19. The van der Waals surface area contributed by atoms with Crippen LogP contribution in [-0.4, -0.2) is 24.0 Å². The van der Waals surface area contributed by atoms with E-state index in [1.807, 2.05) is 26.0 Å². The zero-order valence-corrected chi connectivity index (χ0v) is 14.5. The number of benzene rings is 2. The molecule has 0 unspecified atom stereocenters. The van der Waals surface area contributed by atoms with E-state index in [-0.39, 0.29) is 11.4 Å². The van der Waals surface area contributed by atoms with Crippen molar-refractivity contribution in [3.8, 4) is 11.5 Å². The van der Waals surface area contributed by atoms with Crippen LogP contribution in [0.5, 0.6) is 11.5 Å². The third-order valence-corrected chi connectivity index (χ3v) is 3.81. The average molecular weight is 344 g/mol. The number of ether oxygens (including phenoxy) is 2. The van der Waals surface area contributed by atoms with E-state index in [0.717, 1.165) is 11.1 Å². The highest BCUT2D eigenvalue weighted by Gasteiger charge is 2.19. The molecule has 0 aliphatic heterocycles. The summed E-state index contributed by atoms with van der Waals surface area (Å²) in [6.07, 6.45) is -0.786. The van der Waals surface area contributed by atoms with Crippen LogP contribution in [0.15, 0.2) is 36.4 Å². The van der Waals surface area contributed by atoms with Gasteiger partial charge in [-0.2, -0.15) is 0 Å². The lowest BCUT2D eigenvalue weighted by molar-refractivity contribution is -0.384. The monoisotopic (exact) mass is 344 g/mol. The minimum Gasteiger partial charge on any atom is -0.495 e. The van der Waals surface area contributed by atoms with Gasteiger partial charge in [-0.05, 0) is 50.1 Å². The number of rotatable bonds is 6. The number of nitrogens with zero attached hydrogens (tertiary/aromatic N) is 1. The van der Waals surface area contributed by atoms with Crippen molar-refractivity contribution in [1.82, 2.24) is 0 Å². The van der Waals surface area contributed by atoms with Gasteiger partial charge >= 0.3 is 0 Å².